The number of nitrogens with one attached hydrogen (secondary N) is 1. The molecule has 1 aromatic heterocycles. The third-order valence-corrected chi connectivity index (χ3v) is 5.09. The maximum absolute atomic E-state index is 12.1. The summed E-state index contributed by atoms with van der Waals surface area (Å²) in [7, 11) is 0. The second-order valence-electron chi connectivity index (χ2n) is 5.79. The zero-order valence-corrected chi connectivity index (χ0v) is 12.3. The standard InChI is InChI=1S/C16H19NO2S/c18-8-2-1-3-14-9-12(10-20-14)15(19)17-11-16(6-7-16)13-4-5-13/h9-10,13,18H,2,4-8,11H2,(H,17,19). The van der Waals surface area contributed by atoms with Crippen LogP contribution in [0, 0.1) is 23.2 Å². The first kappa shape index (κ1) is 13.7. The van der Waals surface area contributed by atoms with Gasteiger partial charge in [0.2, 0.25) is 0 Å². The van der Waals surface area contributed by atoms with Crippen LogP contribution in [0.3, 0.4) is 0 Å². The molecule has 2 aliphatic rings. The molecule has 0 unspecified atom stereocenters. The normalized spacial score (nSPS) is 19.1. The van der Waals surface area contributed by atoms with E-state index >= 15 is 0 Å². The van der Waals surface area contributed by atoms with E-state index < -0.39 is 0 Å². The van der Waals surface area contributed by atoms with E-state index in [1.165, 1.54) is 37.0 Å². The van der Waals surface area contributed by atoms with Gasteiger partial charge < -0.3 is 10.4 Å². The lowest BCUT2D eigenvalue weighted by Gasteiger charge is -2.14. The fourth-order valence-corrected chi connectivity index (χ4v) is 3.43. The monoisotopic (exact) mass is 289 g/mol. The first-order valence-corrected chi connectivity index (χ1v) is 8.08. The Morgan fingerprint density at radius 3 is 2.95 bits per heavy atom. The lowest BCUT2D eigenvalue weighted by molar-refractivity contribution is 0.0943. The van der Waals surface area contributed by atoms with Crippen molar-refractivity contribution in [3.8, 4) is 11.8 Å². The topological polar surface area (TPSA) is 49.3 Å². The molecule has 0 saturated heterocycles. The summed E-state index contributed by atoms with van der Waals surface area (Å²) in [5.41, 5.74) is 1.14. The van der Waals surface area contributed by atoms with E-state index in [9.17, 15) is 4.79 Å². The summed E-state index contributed by atoms with van der Waals surface area (Å²) in [6.07, 6.45) is 5.72. The van der Waals surface area contributed by atoms with Crippen LogP contribution < -0.4 is 5.32 Å². The Hall–Kier alpha value is -1.31. The number of carbonyl (C=O) groups excluding carboxylic acids is 1. The highest BCUT2D eigenvalue weighted by molar-refractivity contribution is 7.10. The Morgan fingerprint density at radius 2 is 2.30 bits per heavy atom. The first-order chi connectivity index (χ1) is 9.73. The van der Waals surface area contributed by atoms with Crippen LogP contribution >= 0.6 is 11.3 Å². The summed E-state index contributed by atoms with van der Waals surface area (Å²) in [4.78, 5) is 13.0. The average Bonchev–Trinajstić information content (AvgIpc) is 3.35. The zero-order valence-electron chi connectivity index (χ0n) is 11.4. The molecule has 3 nitrogen and oxygen atoms in total. The highest BCUT2D eigenvalue weighted by Gasteiger charge is 2.53. The van der Waals surface area contributed by atoms with Crippen LogP contribution in [0.15, 0.2) is 11.4 Å². The van der Waals surface area contributed by atoms with Gasteiger partial charge in [-0.25, -0.2) is 0 Å². The summed E-state index contributed by atoms with van der Waals surface area (Å²) < 4.78 is 0. The number of aliphatic hydroxyl groups excluding tert-OH is 1. The number of carbonyl (C=O) groups is 1. The minimum atomic E-state index is 0.0170. The van der Waals surface area contributed by atoms with E-state index in [1.807, 2.05) is 11.4 Å². The van der Waals surface area contributed by atoms with Gasteiger partial charge in [-0.1, -0.05) is 11.8 Å². The number of amides is 1. The van der Waals surface area contributed by atoms with Crippen molar-refractivity contribution in [3.05, 3.63) is 21.9 Å². The van der Waals surface area contributed by atoms with Crippen LogP contribution in [0.1, 0.15) is 47.3 Å². The smallest absolute Gasteiger partial charge is 0.252 e. The van der Waals surface area contributed by atoms with Gasteiger partial charge in [0.1, 0.15) is 0 Å². The Morgan fingerprint density at radius 1 is 1.50 bits per heavy atom. The number of hydrogen-bond donors (Lipinski definition) is 2. The van der Waals surface area contributed by atoms with Crippen molar-refractivity contribution in [1.82, 2.24) is 5.32 Å². The lowest BCUT2D eigenvalue weighted by Crippen LogP contribution is -2.30. The Labute approximate surface area is 123 Å². The van der Waals surface area contributed by atoms with E-state index in [2.05, 4.69) is 17.2 Å². The molecule has 2 N–H and O–H groups in total. The predicted molar refractivity (Wildman–Crippen MR) is 79.6 cm³/mol. The van der Waals surface area contributed by atoms with Crippen LogP contribution in [-0.4, -0.2) is 24.2 Å². The molecule has 0 aliphatic heterocycles. The Kier molecular flexibility index (Phi) is 3.82. The van der Waals surface area contributed by atoms with Gasteiger partial charge in [0.15, 0.2) is 0 Å². The Balaban J connectivity index is 1.53. The summed E-state index contributed by atoms with van der Waals surface area (Å²) in [6, 6.07) is 1.83. The molecular weight excluding hydrogens is 270 g/mol. The minimum absolute atomic E-state index is 0.0170. The van der Waals surface area contributed by atoms with E-state index in [4.69, 9.17) is 5.11 Å². The lowest BCUT2D eigenvalue weighted by atomic mass is 10.0. The molecule has 0 bridgehead atoms. The third kappa shape index (κ3) is 3.05. The molecule has 2 aliphatic carbocycles. The molecule has 3 rings (SSSR count). The fourth-order valence-electron chi connectivity index (χ4n) is 2.67. The highest BCUT2D eigenvalue weighted by atomic mass is 32.1. The number of thiophene rings is 1. The van der Waals surface area contributed by atoms with Crippen molar-refractivity contribution < 1.29 is 9.90 Å². The molecule has 106 valence electrons. The van der Waals surface area contributed by atoms with E-state index in [0.29, 0.717) is 17.4 Å². The summed E-state index contributed by atoms with van der Waals surface area (Å²) in [5, 5.41) is 13.6. The van der Waals surface area contributed by atoms with Gasteiger partial charge in [0.25, 0.3) is 5.91 Å². The van der Waals surface area contributed by atoms with Gasteiger partial charge in [-0.15, -0.1) is 11.3 Å². The molecule has 1 heterocycles. The molecule has 2 fully saturated rings. The molecular formula is C16H19NO2S. The molecule has 0 spiro atoms. The van der Waals surface area contributed by atoms with Crippen LogP contribution in [0.25, 0.3) is 0 Å². The van der Waals surface area contributed by atoms with Gasteiger partial charge in [-0.05, 0) is 43.1 Å². The molecule has 4 heteroatoms. The van der Waals surface area contributed by atoms with E-state index in [0.717, 1.165) is 17.3 Å². The largest absolute Gasteiger partial charge is 0.395 e. The molecule has 20 heavy (non-hydrogen) atoms. The van der Waals surface area contributed by atoms with Crippen LogP contribution in [-0.2, 0) is 0 Å². The first-order valence-electron chi connectivity index (χ1n) is 7.20. The maximum Gasteiger partial charge on any atom is 0.252 e. The predicted octanol–water partition coefficient (Wildman–Crippen LogP) is 2.40. The zero-order chi connectivity index (χ0) is 14.0. The molecule has 0 radical (unpaired) electrons. The molecule has 0 aromatic carbocycles. The van der Waals surface area contributed by atoms with Crippen molar-refractivity contribution in [2.75, 3.05) is 13.2 Å². The Bertz CT molecular complexity index is 559. The van der Waals surface area contributed by atoms with Crippen molar-refractivity contribution in [3.63, 3.8) is 0 Å². The average molecular weight is 289 g/mol. The van der Waals surface area contributed by atoms with Crippen molar-refractivity contribution >= 4 is 17.2 Å². The van der Waals surface area contributed by atoms with Crippen LogP contribution in [0.4, 0.5) is 0 Å². The quantitative estimate of drug-likeness (QED) is 0.818. The maximum atomic E-state index is 12.1. The van der Waals surface area contributed by atoms with Gasteiger partial charge in [-0.3, -0.25) is 4.79 Å². The second kappa shape index (κ2) is 5.59. The molecule has 2 saturated carbocycles. The van der Waals surface area contributed by atoms with E-state index in [-0.39, 0.29) is 12.5 Å². The fraction of sp³-hybridized carbons (Fsp3) is 0.562. The SMILES string of the molecule is O=C(NCC1(C2CC2)CC1)c1csc(C#CCCO)c1. The van der Waals surface area contributed by atoms with Crippen molar-refractivity contribution in [2.24, 2.45) is 11.3 Å². The molecule has 1 aromatic rings. The number of rotatable bonds is 5. The summed E-state index contributed by atoms with van der Waals surface area (Å²) >= 11 is 1.48. The molecule has 1 amide bonds. The summed E-state index contributed by atoms with van der Waals surface area (Å²) in [6.45, 7) is 0.910. The number of aliphatic hydroxyl groups is 1. The third-order valence-electron chi connectivity index (χ3n) is 4.25. The van der Waals surface area contributed by atoms with Crippen molar-refractivity contribution in [1.29, 1.82) is 0 Å². The minimum Gasteiger partial charge on any atom is -0.395 e. The summed E-state index contributed by atoms with van der Waals surface area (Å²) in [5.74, 6) is 6.72. The molecule has 0 atom stereocenters. The van der Waals surface area contributed by atoms with Gasteiger partial charge in [0.05, 0.1) is 17.0 Å². The second-order valence-corrected chi connectivity index (χ2v) is 6.71. The van der Waals surface area contributed by atoms with Gasteiger partial charge in [-0.2, -0.15) is 0 Å². The van der Waals surface area contributed by atoms with Crippen LogP contribution in [0.2, 0.25) is 0 Å². The van der Waals surface area contributed by atoms with Gasteiger partial charge in [0, 0.05) is 18.3 Å². The van der Waals surface area contributed by atoms with Crippen LogP contribution in [0.5, 0.6) is 0 Å². The van der Waals surface area contributed by atoms with E-state index in [1.54, 1.807) is 0 Å². The number of hydrogen-bond acceptors (Lipinski definition) is 3. The van der Waals surface area contributed by atoms with Gasteiger partial charge >= 0.3 is 0 Å². The van der Waals surface area contributed by atoms with Crippen molar-refractivity contribution in [2.45, 2.75) is 32.1 Å². The highest BCUT2D eigenvalue weighted by Crippen LogP contribution is 2.60.